The summed E-state index contributed by atoms with van der Waals surface area (Å²) in [5.74, 6) is 0. The third-order valence-electron chi connectivity index (χ3n) is 1.28. The number of nitro groups is 2. The molecule has 0 saturated carbocycles. The molecule has 1 aromatic carbocycles. The van der Waals surface area contributed by atoms with Gasteiger partial charge in [-0.2, -0.15) is 0 Å². The van der Waals surface area contributed by atoms with Crippen LogP contribution in [0.4, 0.5) is 11.4 Å². The molecule has 0 fully saturated rings. The summed E-state index contributed by atoms with van der Waals surface area (Å²) in [5, 5.41) is 20.5. The number of nitrogens with zero attached hydrogens (tertiary/aromatic N) is 2. The van der Waals surface area contributed by atoms with E-state index in [-0.39, 0.29) is 37.2 Å². The Morgan fingerprint density at radius 1 is 0.800 bits per heavy atom. The Bertz CT molecular complexity index is 314. The van der Waals surface area contributed by atoms with Crippen molar-refractivity contribution in [2.45, 2.75) is 0 Å². The molecule has 0 atom stereocenters. The molecule has 0 bridgehead atoms. The Hall–Kier alpha value is -1.11. The topological polar surface area (TPSA) is 86.3 Å². The van der Waals surface area contributed by atoms with Crippen LogP contribution in [0.1, 0.15) is 0 Å². The van der Waals surface area contributed by atoms with Gasteiger partial charge in [-0.15, -0.1) is 37.2 Å². The Morgan fingerprint density at radius 2 is 1.07 bits per heavy atom. The monoisotopic (exact) mass is 276 g/mol. The number of benzene rings is 1. The predicted molar refractivity (Wildman–Crippen MR) is 61.5 cm³/mol. The van der Waals surface area contributed by atoms with Crippen molar-refractivity contribution in [3.05, 3.63) is 44.5 Å². The molecule has 86 valence electrons. The molecule has 15 heavy (non-hydrogen) atoms. The molecule has 6 nitrogen and oxygen atoms in total. The average Bonchev–Trinajstić information content (AvgIpc) is 2.04. The number of para-hydroxylation sites is 2. The molecule has 0 aliphatic heterocycles. The molecule has 0 spiro atoms. The van der Waals surface area contributed by atoms with Crippen molar-refractivity contribution in [3.8, 4) is 0 Å². The van der Waals surface area contributed by atoms with Crippen LogP contribution < -0.4 is 0 Å². The number of hydrogen-bond acceptors (Lipinski definition) is 4. The zero-order valence-electron chi connectivity index (χ0n) is 7.06. The van der Waals surface area contributed by atoms with Gasteiger partial charge in [0, 0.05) is 12.1 Å². The first-order chi connectivity index (χ1) is 5.63. The quantitative estimate of drug-likeness (QED) is 0.614. The minimum absolute atomic E-state index is 0. The van der Waals surface area contributed by atoms with E-state index in [0.717, 1.165) is 12.1 Å². The van der Waals surface area contributed by atoms with Crippen LogP contribution in [0.15, 0.2) is 24.3 Å². The van der Waals surface area contributed by atoms with E-state index >= 15 is 0 Å². The molecule has 0 amide bonds. The largest absolute Gasteiger partial charge is 0.346 e. The van der Waals surface area contributed by atoms with E-state index in [1.54, 1.807) is 0 Å². The summed E-state index contributed by atoms with van der Waals surface area (Å²) in [4.78, 5) is 18.9. The van der Waals surface area contributed by atoms with Gasteiger partial charge < -0.3 is 0 Å². The van der Waals surface area contributed by atoms with E-state index in [1.807, 2.05) is 0 Å². The molecule has 1 rings (SSSR count). The van der Waals surface area contributed by atoms with Crippen molar-refractivity contribution < 1.29 is 9.85 Å². The lowest BCUT2D eigenvalue weighted by Gasteiger charge is -1.91. The van der Waals surface area contributed by atoms with Crippen LogP contribution in [0.5, 0.6) is 0 Å². The highest BCUT2D eigenvalue weighted by Crippen LogP contribution is 2.24. The summed E-state index contributed by atoms with van der Waals surface area (Å²) in [6.45, 7) is 0. The minimum atomic E-state index is -0.780. The van der Waals surface area contributed by atoms with Gasteiger partial charge in [-0.3, -0.25) is 20.2 Å². The van der Waals surface area contributed by atoms with Crippen molar-refractivity contribution in [2.24, 2.45) is 0 Å². The van der Waals surface area contributed by atoms with E-state index < -0.39 is 21.2 Å². The van der Waals surface area contributed by atoms with Crippen LogP contribution in [-0.2, 0) is 0 Å². The fraction of sp³-hybridized carbons (Fsp3) is 0. The molecular formula is C6H7Cl3N2O4. The molecule has 0 saturated heterocycles. The maximum atomic E-state index is 10.2. The van der Waals surface area contributed by atoms with Crippen LogP contribution in [-0.4, -0.2) is 9.85 Å². The number of nitro benzene ring substituents is 2. The number of hydrogen-bond donors (Lipinski definition) is 0. The first kappa shape index (κ1) is 19.5. The molecule has 1 aromatic rings. The molecule has 0 radical (unpaired) electrons. The zero-order chi connectivity index (χ0) is 9.14. The lowest BCUT2D eigenvalue weighted by molar-refractivity contribution is -0.422. The zero-order valence-corrected chi connectivity index (χ0v) is 9.51. The third kappa shape index (κ3) is 4.78. The molecule has 9 heteroatoms. The lowest BCUT2D eigenvalue weighted by Crippen LogP contribution is -1.95. The maximum Gasteiger partial charge on any atom is 0.346 e. The summed E-state index contributed by atoms with van der Waals surface area (Å²) >= 11 is 0. The van der Waals surface area contributed by atoms with E-state index in [4.69, 9.17) is 0 Å². The highest BCUT2D eigenvalue weighted by molar-refractivity contribution is 5.86. The first-order valence-corrected chi connectivity index (χ1v) is 3.00. The molecule has 0 unspecified atom stereocenters. The number of rotatable bonds is 2. The van der Waals surface area contributed by atoms with E-state index in [2.05, 4.69) is 0 Å². The van der Waals surface area contributed by atoms with E-state index in [0.29, 0.717) is 0 Å². The fourth-order valence-corrected chi connectivity index (χ4v) is 0.773. The van der Waals surface area contributed by atoms with Crippen molar-refractivity contribution in [1.82, 2.24) is 0 Å². The second kappa shape index (κ2) is 8.22. The Kier molecular flexibility index (Phi) is 10.7. The molecule has 0 aromatic heterocycles. The normalized spacial score (nSPS) is 7.47. The summed E-state index contributed by atoms with van der Waals surface area (Å²) in [6, 6.07) is 4.95. The molecular weight excluding hydrogens is 270 g/mol. The molecule has 0 N–H and O–H groups in total. The summed E-state index contributed by atoms with van der Waals surface area (Å²) in [6.07, 6.45) is 0. The fourth-order valence-electron chi connectivity index (χ4n) is 0.773. The SMILES string of the molecule is Cl.Cl.Cl.O=[N+]([O-])c1ccccc1[N+](=O)[O-]. The van der Waals surface area contributed by atoms with E-state index in [9.17, 15) is 20.2 Å². The van der Waals surface area contributed by atoms with Crippen LogP contribution in [0.3, 0.4) is 0 Å². The van der Waals surface area contributed by atoms with Gasteiger partial charge in [0.05, 0.1) is 9.85 Å². The third-order valence-corrected chi connectivity index (χ3v) is 1.28. The first-order valence-electron chi connectivity index (χ1n) is 3.00. The smallest absolute Gasteiger partial charge is 0.258 e. The van der Waals surface area contributed by atoms with Gasteiger partial charge in [0.1, 0.15) is 0 Å². The average molecular weight is 277 g/mol. The highest BCUT2D eigenvalue weighted by atomic mass is 35.5. The summed E-state index contributed by atoms with van der Waals surface area (Å²) in [7, 11) is 0. The van der Waals surface area contributed by atoms with Crippen LogP contribution in [0.25, 0.3) is 0 Å². The standard InChI is InChI=1S/C6H4N2O4.3ClH/c9-7(10)5-3-1-2-4-6(5)8(11)12;;;/h1-4H;3*1H. The van der Waals surface area contributed by atoms with Gasteiger partial charge in [0.15, 0.2) is 0 Å². The minimum Gasteiger partial charge on any atom is -0.258 e. The van der Waals surface area contributed by atoms with Crippen molar-refractivity contribution in [2.75, 3.05) is 0 Å². The predicted octanol–water partition coefficient (Wildman–Crippen LogP) is 2.77. The van der Waals surface area contributed by atoms with Crippen molar-refractivity contribution in [3.63, 3.8) is 0 Å². The van der Waals surface area contributed by atoms with E-state index in [1.165, 1.54) is 12.1 Å². The molecule has 0 aliphatic rings. The highest BCUT2D eigenvalue weighted by Gasteiger charge is 2.21. The van der Waals surface area contributed by atoms with Crippen LogP contribution >= 0.6 is 37.2 Å². The van der Waals surface area contributed by atoms with Gasteiger partial charge >= 0.3 is 11.4 Å². The molecule has 0 heterocycles. The van der Waals surface area contributed by atoms with Crippen molar-refractivity contribution >= 4 is 48.6 Å². The van der Waals surface area contributed by atoms with Crippen molar-refractivity contribution in [1.29, 1.82) is 0 Å². The molecule has 0 aliphatic carbocycles. The number of halogens is 3. The van der Waals surface area contributed by atoms with Gasteiger partial charge in [0.2, 0.25) is 0 Å². The Balaban J connectivity index is -0.000000480. The van der Waals surface area contributed by atoms with Gasteiger partial charge in [-0.25, -0.2) is 0 Å². The van der Waals surface area contributed by atoms with Crippen LogP contribution in [0, 0.1) is 20.2 Å². The lowest BCUT2D eigenvalue weighted by atomic mass is 10.3. The summed E-state index contributed by atoms with van der Waals surface area (Å²) < 4.78 is 0. The van der Waals surface area contributed by atoms with Crippen LogP contribution in [0.2, 0.25) is 0 Å². The summed E-state index contributed by atoms with van der Waals surface area (Å²) in [5.41, 5.74) is -0.968. The Morgan fingerprint density at radius 3 is 1.27 bits per heavy atom. The van der Waals surface area contributed by atoms with Gasteiger partial charge in [-0.05, 0) is 0 Å². The second-order valence-corrected chi connectivity index (χ2v) is 2.00. The maximum absolute atomic E-state index is 10.2. The van der Waals surface area contributed by atoms with Gasteiger partial charge in [0.25, 0.3) is 0 Å². The van der Waals surface area contributed by atoms with Gasteiger partial charge in [-0.1, -0.05) is 12.1 Å². The second-order valence-electron chi connectivity index (χ2n) is 2.00. The Labute approximate surface area is 103 Å².